The molecule has 0 saturated heterocycles. The highest BCUT2D eigenvalue weighted by Gasteiger charge is 2.26. The van der Waals surface area contributed by atoms with Crippen molar-refractivity contribution in [3.8, 4) is 0 Å². The summed E-state index contributed by atoms with van der Waals surface area (Å²) in [5.41, 5.74) is 5.34. The number of carbonyl (C=O) groups excluding carboxylic acids is 1. The molecule has 0 aromatic rings. The number of allylic oxidation sites excluding steroid dienone is 7. The highest BCUT2D eigenvalue weighted by atomic mass is 31.2. The van der Waals surface area contributed by atoms with Crippen LogP contribution in [-0.4, -0.2) is 47.8 Å². The number of amides is 1. The molecule has 0 aromatic carbocycles. The number of phosphoric ester groups is 1. The number of carbonyl (C=O) groups is 1. The summed E-state index contributed by atoms with van der Waals surface area (Å²) in [4.78, 5) is 22.5. The summed E-state index contributed by atoms with van der Waals surface area (Å²) in [5.74, 6) is -0.224. The van der Waals surface area contributed by atoms with E-state index in [0.29, 0.717) is 6.42 Å². The second-order valence-corrected chi connectivity index (χ2v) is 12.8. The van der Waals surface area contributed by atoms with Gasteiger partial charge < -0.3 is 21.1 Å². The maximum Gasteiger partial charge on any atom is 0.472 e. The van der Waals surface area contributed by atoms with Crippen LogP contribution in [0.1, 0.15) is 136 Å². The van der Waals surface area contributed by atoms with Crippen LogP contribution < -0.4 is 11.1 Å². The maximum absolute atomic E-state index is 12.6. The molecule has 44 heavy (non-hydrogen) atoms. The third-order valence-electron chi connectivity index (χ3n) is 7.11. The van der Waals surface area contributed by atoms with Crippen LogP contribution in [0.25, 0.3) is 0 Å². The molecule has 0 aliphatic carbocycles. The van der Waals surface area contributed by atoms with Gasteiger partial charge in [0.1, 0.15) is 0 Å². The van der Waals surface area contributed by atoms with Crippen molar-refractivity contribution in [2.45, 2.75) is 148 Å². The molecule has 0 radical (unpaired) electrons. The number of hydrogen-bond acceptors (Lipinski definition) is 6. The Morgan fingerprint density at radius 1 is 0.750 bits per heavy atom. The molecule has 0 aliphatic rings. The van der Waals surface area contributed by atoms with Crippen LogP contribution in [0.2, 0.25) is 0 Å². The molecule has 0 rings (SSSR count). The number of nitrogens with two attached hydrogens (primary N) is 1. The minimum Gasteiger partial charge on any atom is -0.387 e. The Labute approximate surface area is 269 Å². The number of phosphoric acid groups is 1. The molecule has 0 aromatic heterocycles. The van der Waals surface area contributed by atoms with E-state index in [-0.39, 0.29) is 25.7 Å². The van der Waals surface area contributed by atoms with Crippen molar-refractivity contribution in [1.29, 1.82) is 0 Å². The highest BCUT2D eigenvalue weighted by Crippen LogP contribution is 2.43. The molecule has 3 unspecified atom stereocenters. The largest absolute Gasteiger partial charge is 0.472 e. The van der Waals surface area contributed by atoms with Gasteiger partial charge in [0.15, 0.2) is 0 Å². The number of hydrogen-bond donors (Lipinski definition) is 4. The zero-order valence-electron chi connectivity index (χ0n) is 27.9. The summed E-state index contributed by atoms with van der Waals surface area (Å²) in [6, 6.07) is -0.882. The van der Waals surface area contributed by atoms with E-state index < -0.39 is 20.0 Å². The van der Waals surface area contributed by atoms with Crippen LogP contribution >= 0.6 is 7.82 Å². The first-order valence-electron chi connectivity index (χ1n) is 17.3. The van der Waals surface area contributed by atoms with Gasteiger partial charge in [0.2, 0.25) is 5.91 Å². The number of rotatable bonds is 31. The van der Waals surface area contributed by atoms with Gasteiger partial charge in [-0.05, 0) is 57.8 Å². The summed E-state index contributed by atoms with van der Waals surface area (Å²) in [6.45, 7) is 3.98. The Balaban J connectivity index is 4.47. The summed E-state index contributed by atoms with van der Waals surface area (Å²) in [6.07, 6.45) is 35.8. The fourth-order valence-electron chi connectivity index (χ4n) is 4.48. The number of nitrogens with one attached hydrogen (secondary N) is 1. The smallest absolute Gasteiger partial charge is 0.387 e. The Kier molecular flexibility index (Phi) is 30.3. The van der Waals surface area contributed by atoms with Crippen LogP contribution in [0.4, 0.5) is 0 Å². The van der Waals surface area contributed by atoms with Crippen LogP contribution in [0, 0.1) is 0 Å². The highest BCUT2D eigenvalue weighted by molar-refractivity contribution is 7.47. The van der Waals surface area contributed by atoms with Gasteiger partial charge in [-0.15, -0.1) is 0 Å². The third kappa shape index (κ3) is 29.2. The van der Waals surface area contributed by atoms with E-state index in [9.17, 15) is 19.4 Å². The lowest BCUT2D eigenvalue weighted by Crippen LogP contribution is -2.45. The molecule has 0 fully saturated rings. The zero-order valence-corrected chi connectivity index (χ0v) is 28.8. The summed E-state index contributed by atoms with van der Waals surface area (Å²) < 4.78 is 21.9. The molecule has 0 aliphatic heterocycles. The Morgan fingerprint density at radius 2 is 1.32 bits per heavy atom. The first-order valence-corrected chi connectivity index (χ1v) is 18.8. The molecule has 0 spiro atoms. The van der Waals surface area contributed by atoms with Gasteiger partial charge in [0.25, 0.3) is 0 Å². The lowest BCUT2D eigenvalue weighted by atomic mass is 10.1. The Bertz CT molecular complexity index is 830. The number of aliphatic hydroxyl groups excluding tert-OH is 1. The molecule has 0 heterocycles. The van der Waals surface area contributed by atoms with Gasteiger partial charge in [-0.25, -0.2) is 4.57 Å². The second kappa shape index (κ2) is 31.4. The van der Waals surface area contributed by atoms with Crippen molar-refractivity contribution in [2.75, 3.05) is 19.8 Å². The quantitative estimate of drug-likeness (QED) is 0.0339. The normalized spacial score (nSPS) is 15.1. The van der Waals surface area contributed by atoms with Crippen LogP contribution in [0.3, 0.4) is 0 Å². The molecule has 9 heteroatoms. The molecule has 3 atom stereocenters. The predicted octanol–water partition coefficient (Wildman–Crippen LogP) is 8.60. The Morgan fingerprint density at radius 3 is 1.98 bits per heavy atom. The lowest BCUT2D eigenvalue weighted by molar-refractivity contribution is -0.123. The molecule has 5 N–H and O–H groups in total. The first-order chi connectivity index (χ1) is 21.4. The van der Waals surface area contributed by atoms with Crippen LogP contribution in [-0.2, 0) is 18.4 Å². The number of aliphatic hydroxyl groups is 1. The average molecular weight is 641 g/mol. The number of unbranched alkanes of at least 4 members (excludes halogenated alkanes) is 13. The van der Waals surface area contributed by atoms with E-state index in [1.165, 1.54) is 44.9 Å². The standard InChI is InChI=1S/C35H65N2O6P/c1-3-5-7-9-11-13-15-17-19-21-23-25-27-29-35(39)37-33(32-43-44(40,41)42-31-30-36)34(38)28-26-24-22-20-18-16-14-12-10-8-6-4-2/h7,9,13,15,18,20,26,28,33-34,38H,3-6,8,10-12,14,16-17,19,21-25,27,29-32,36H2,1-2H3,(H,37,39)(H,40,41)/b9-7-,15-13-,20-18+,28-26+. The molecule has 1 amide bonds. The molecular weight excluding hydrogens is 575 g/mol. The van der Waals surface area contributed by atoms with E-state index >= 15 is 0 Å². The van der Waals surface area contributed by atoms with E-state index in [4.69, 9.17) is 14.8 Å². The predicted molar refractivity (Wildman–Crippen MR) is 184 cm³/mol. The van der Waals surface area contributed by atoms with Gasteiger partial charge in [-0.2, -0.15) is 0 Å². The molecular formula is C35H65N2O6P. The van der Waals surface area contributed by atoms with Gasteiger partial charge in [0, 0.05) is 13.0 Å². The SMILES string of the molecule is CCC/C=C\C/C=C\CCCCCCCC(=O)NC(COP(=O)(O)OCCN)C(O)/C=C/CC/C=C/CCCCCCCC. The monoisotopic (exact) mass is 640 g/mol. The lowest BCUT2D eigenvalue weighted by Gasteiger charge is -2.23. The van der Waals surface area contributed by atoms with Crippen molar-refractivity contribution < 1.29 is 28.4 Å². The van der Waals surface area contributed by atoms with Gasteiger partial charge >= 0.3 is 7.82 Å². The van der Waals surface area contributed by atoms with Crippen molar-refractivity contribution in [3.63, 3.8) is 0 Å². The van der Waals surface area contributed by atoms with Crippen LogP contribution in [0.15, 0.2) is 48.6 Å². The van der Waals surface area contributed by atoms with Crippen molar-refractivity contribution in [3.05, 3.63) is 48.6 Å². The first kappa shape index (κ1) is 42.5. The fourth-order valence-corrected chi connectivity index (χ4v) is 5.24. The Hall–Kier alpha value is -1.54. The van der Waals surface area contributed by atoms with Gasteiger partial charge in [-0.3, -0.25) is 13.8 Å². The molecule has 0 bridgehead atoms. The average Bonchev–Trinajstić information content (AvgIpc) is 3.01. The van der Waals surface area contributed by atoms with E-state index in [1.807, 2.05) is 6.08 Å². The summed E-state index contributed by atoms with van der Waals surface area (Å²) >= 11 is 0. The van der Waals surface area contributed by atoms with Gasteiger partial charge in [-0.1, -0.05) is 120 Å². The van der Waals surface area contributed by atoms with E-state index in [0.717, 1.165) is 70.6 Å². The molecule has 0 saturated carbocycles. The van der Waals surface area contributed by atoms with Crippen LogP contribution in [0.5, 0.6) is 0 Å². The fraction of sp³-hybridized carbons (Fsp3) is 0.743. The summed E-state index contributed by atoms with van der Waals surface area (Å²) in [5, 5.41) is 13.5. The van der Waals surface area contributed by atoms with E-state index in [2.05, 4.69) is 55.6 Å². The van der Waals surface area contributed by atoms with Crippen molar-refractivity contribution >= 4 is 13.7 Å². The van der Waals surface area contributed by atoms with Crippen molar-refractivity contribution in [1.82, 2.24) is 5.32 Å². The second-order valence-electron chi connectivity index (χ2n) is 11.4. The van der Waals surface area contributed by atoms with Crippen molar-refractivity contribution in [2.24, 2.45) is 5.73 Å². The maximum atomic E-state index is 12.6. The molecule has 256 valence electrons. The minimum absolute atomic E-state index is 0.0697. The molecule has 8 nitrogen and oxygen atoms in total. The zero-order chi connectivity index (χ0) is 32.6. The van der Waals surface area contributed by atoms with Gasteiger partial charge in [0.05, 0.1) is 25.4 Å². The van der Waals surface area contributed by atoms with E-state index in [1.54, 1.807) is 6.08 Å². The minimum atomic E-state index is -4.34. The third-order valence-corrected chi connectivity index (χ3v) is 8.09. The summed E-state index contributed by atoms with van der Waals surface area (Å²) in [7, 11) is -4.34. The topological polar surface area (TPSA) is 131 Å².